The second kappa shape index (κ2) is 38.1. The van der Waals surface area contributed by atoms with Gasteiger partial charge in [0.05, 0.1) is 90.2 Å². The van der Waals surface area contributed by atoms with E-state index >= 15 is 0 Å². The van der Waals surface area contributed by atoms with Crippen molar-refractivity contribution < 1.29 is 76.1 Å². The number of aliphatic hydroxyl groups is 4. The van der Waals surface area contributed by atoms with Gasteiger partial charge in [0, 0.05) is 193 Å². The average Bonchev–Trinajstić information content (AvgIpc) is 1.47. The van der Waals surface area contributed by atoms with Gasteiger partial charge in [-0.05, 0) is 236 Å². The summed E-state index contributed by atoms with van der Waals surface area (Å²) in [6, 6.07) is 55.0. The maximum atomic E-state index is 14.5. The van der Waals surface area contributed by atoms with Crippen LogP contribution in [0.1, 0.15) is 105 Å². The number of rotatable bonds is 22. The molecule has 4 aliphatic carbocycles. The number of hydrogen-bond acceptors (Lipinski definition) is 18. The highest BCUT2D eigenvalue weighted by atomic mass is 35.5. The summed E-state index contributed by atoms with van der Waals surface area (Å²) in [4.78, 5) is 59.4. The number of amides is 3. The van der Waals surface area contributed by atoms with Gasteiger partial charge in [0.15, 0.2) is 0 Å². The Labute approximate surface area is 790 Å². The van der Waals surface area contributed by atoms with Crippen LogP contribution in [0.5, 0.6) is 23.0 Å². The zero-order valence-corrected chi connectivity index (χ0v) is 78.3. The lowest BCUT2D eigenvalue weighted by Gasteiger charge is -2.57. The lowest BCUT2D eigenvalue weighted by Crippen LogP contribution is -2.68. The van der Waals surface area contributed by atoms with Gasteiger partial charge in [-0.25, -0.2) is 17.6 Å². The van der Waals surface area contributed by atoms with Crippen molar-refractivity contribution in [1.29, 1.82) is 0 Å². The fourth-order valence-corrected chi connectivity index (χ4v) is 24.6. The van der Waals surface area contributed by atoms with E-state index in [0.29, 0.717) is 71.7 Å². The van der Waals surface area contributed by atoms with Crippen LogP contribution in [-0.4, -0.2) is 252 Å². The van der Waals surface area contributed by atoms with Gasteiger partial charge in [-0.1, -0.05) is 79.2 Å². The molecule has 0 radical (unpaired) electrons. The highest BCUT2D eigenvalue weighted by molar-refractivity contribution is 6.30. The van der Waals surface area contributed by atoms with Crippen LogP contribution in [0.15, 0.2) is 205 Å². The van der Waals surface area contributed by atoms with E-state index in [9.17, 15) is 52.4 Å². The van der Waals surface area contributed by atoms with Crippen molar-refractivity contribution in [2.75, 3.05) is 147 Å². The van der Waals surface area contributed by atoms with Gasteiger partial charge in [-0.3, -0.25) is 43.9 Å². The molecule has 0 bridgehead atoms. The lowest BCUT2D eigenvalue weighted by atomic mass is 9.66. The molecule has 10 heterocycles. The number of likely N-dealkylation sites (tertiary alicyclic amines) is 4. The fraction of sp³-hybridized carbons (Fsp3) is 0.407. The number of hydrogen-bond donors (Lipinski definition) is 4. The van der Waals surface area contributed by atoms with Gasteiger partial charge in [0.25, 0.3) is 0 Å². The van der Waals surface area contributed by atoms with Crippen molar-refractivity contribution in [2.24, 2.45) is 29.2 Å². The Kier molecular flexibility index (Phi) is 26.2. The number of benzene rings is 8. The van der Waals surface area contributed by atoms with Crippen molar-refractivity contribution in [1.82, 2.24) is 48.8 Å². The Balaban J connectivity index is 0.000000116. The highest BCUT2D eigenvalue weighted by Gasteiger charge is 2.60. The molecular weight excluding hydrogens is 1740 g/mol. The summed E-state index contributed by atoms with van der Waals surface area (Å²) in [5, 5.41) is 43.8. The molecule has 12 aliphatic rings. The predicted molar refractivity (Wildman–Crippen MR) is 508 cm³/mol. The third kappa shape index (κ3) is 17.6. The molecule has 8 aromatic carbocycles. The highest BCUT2D eigenvalue weighted by Crippen LogP contribution is 2.60. The molecule has 4 N–H and O–H groups in total. The topological polar surface area (TPSA) is 222 Å². The Morgan fingerprint density at radius 2 is 0.889 bits per heavy atom. The van der Waals surface area contributed by atoms with Crippen molar-refractivity contribution in [3.63, 3.8) is 0 Å². The van der Waals surface area contributed by atoms with E-state index in [1.54, 1.807) is 46.6 Å². The molecular formula is C108H117ClF4N10O12. The first kappa shape index (κ1) is 92.9. The van der Waals surface area contributed by atoms with Crippen LogP contribution in [-0.2, 0) is 83.6 Å². The zero-order chi connectivity index (χ0) is 94.1. The minimum atomic E-state index is -0.478. The molecule has 2 aromatic heterocycles. The number of halogens is 5. The largest absolute Gasteiger partial charge is 0.497 e. The zero-order valence-electron chi connectivity index (χ0n) is 77.5. The number of pyridine rings is 1. The summed E-state index contributed by atoms with van der Waals surface area (Å²) in [6.45, 7) is 13.4. The van der Waals surface area contributed by atoms with E-state index in [1.165, 1.54) is 87.1 Å². The van der Waals surface area contributed by atoms with Gasteiger partial charge >= 0.3 is 0 Å². The number of nitrogens with zero attached hydrogens (tertiary/aromatic N) is 10. The number of aromatic nitrogens is 2. The Hall–Kier alpha value is -11.1. The van der Waals surface area contributed by atoms with Crippen LogP contribution in [0.25, 0.3) is 27.6 Å². The first-order valence-corrected chi connectivity index (χ1v) is 47.2. The van der Waals surface area contributed by atoms with Crippen LogP contribution in [0.3, 0.4) is 0 Å². The van der Waals surface area contributed by atoms with Gasteiger partial charge in [-0.2, -0.15) is 0 Å². The Morgan fingerprint density at radius 1 is 0.444 bits per heavy atom. The van der Waals surface area contributed by atoms with E-state index in [2.05, 4.69) is 82.6 Å². The minimum absolute atomic E-state index is 0.0249. The number of ether oxygens (including phenoxy) is 5. The maximum Gasteiger partial charge on any atom is 0.248 e. The quantitative estimate of drug-likeness (QED) is 0.0463. The molecule has 22 rings (SSSR count). The molecule has 4 unspecified atom stereocenters. The SMILES string of the molecule is CCC(=O)N1CC2(C1)CN(Cc1cccc(Cl)c1)C(CO)C1=C2c2ccc(OC)cc2C1.COCC(=O)N1CC2(C1)CN(Cc1cccc(F)c1)C(CO)c1c2c2ccc(OC)cc2n1C.COc1ccc2c(c1)CC1=C2C2(CN(C(=O)C3CC3)C2)CN(Cc2cc(F)ccc2F)C1CO.COc1ccc2c(c1)CC1=C2C2(CN(Cc3ccccn3)C2)CN(Cc2cccc(F)c2)C1CO. The molecule has 4 spiro atoms. The predicted octanol–water partition coefficient (Wildman–Crippen LogP) is 13.7. The second-order valence-corrected chi connectivity index (χ2v) is 39.3. The normalized spacial score (nSPS) is 21.2. The van der Waals surface area contributed by atoms with E-state index in [0.717, 1.165) is 167 Å². The molecule has 8 aliphatic heterocycles. The molecule has 3 amide bonds. The lowest BCUT2D eigenvalue weighted by molar-refractivity contribution is -0.145. The second-order valence-electron chi connectivity index (χ2n) is 38.9. The fourth-order valence-electron chi connectivity index (χ4n) is 24.3. The van der Waals surface area contributed by atoms with Crippen LogP contribution in [0, 0.1) is 45.4 Å². The van der Waals surface area contributed by atoms with Gasteiger partial charge in [0.2, 0.25) is 17.7 Å². The molecule has 135 heavy (non-hydrogen) atoms. The van der Waals surface area contributed by atoms with E-state index in [4.69, 9.17) is 35.3 Å². The third-order valence-corrected chi connectivity index (χ3v) is 30.5. The molecule has 1 saturated carbocycles. The number of fused-ring (bicyclic) bond motifs is 13. The summed E-state index contributed by atoms with van der Waals surface area (Å²) in [7, 11) is 10.2. The van der Waals surface area contributed by atoms with Gasteiger partial charge < -0.3 is 63.4 Å². The van der Waals surface area contributed by atoms with E-state index < -0.39 is 11.6 Å². The van der Waals surface area contributed by atoms with E-state index in [1.807, 2.05) is 114 Å². The van der Waals surface area contributed by atoms with Crippen LogP contribution in [0.2, 0.25) is 5.02 Å². The number of methoxy groups -OCH3 is 5. The molecule has 4 saturated heterocycles. The monoisotopic (exact) mass is 1860 g/mol. The number of aryl methyl sites for hydroxylation is 1. The molecule has 27 heteroatoms. The Morgan fingerprint density at radius 3 is 1.36 bits per heavy atom. The van der Waals surface area contributed by atoms with E-state index in [-0.39, 0.29) is 126 Å². The number of carbonyl (C=O) groups is 3. The van der Waals surface area contributed by atoms with Crippen LogP contribution in [0.4, 0.5) is 17.6 Å². The molecule has 5 fully saturated rings. The summed E-state index contributed by atoms with van der Waals surface area (Å²) in [5.41, 5.74) is 21.9. The maximum absolute atomic E-state index is 14.5. The van der Waals surface area contributed by atoms with Crippen LogP contribution >= 0.6 is 11.6 Å². The average molecular weight is 1860 g/mol. The molecule has 4 atom stereocenters. The van der Waals surface area contributed by atoms with Gasteiger partial charge in [-0.15, -0.1) is 0 Å². The van der Waals surface area contributed by atoms with Crippen molar-refractivity contribution in [2.45, 2.75) is 108 Å². The van der Waals surface area contributed by atoms with Crippen LogP contribution < -0.4 is 18.9 Å². The molecule has 10 aromatic rings. The number of aliphatic hydroxyl groups excluding tert-OH is 4. The van der Waals surface area contributed by atoms with Crippen molar-refractivity contribution in [3.8, 4) is 23.0 Å². The van der Waals surface area contributed by atoms with Crippen molar-refractivity contribution >= 4 is 56.9 Å². The minimum Gasteiger partial charge on any atom is -0.497 e. The van der Waals surface area contributed by atoms with Gasteiger partial charge in [0.1, 0.15) is 52.9 Å². The molecule has 22 nitrogen and oxygen atoms in total. The standard InChI is InChI=1S/C29H30FN3O2.C27H28F2N2O3.C26H29ClN2O3.C26H30FN3O4/c1-35-24-8-9-25-21(12-24)13-26-27(16-34)33(14-20-5-4-6-22(30)11-20)19-29(28(25)26)17-32(18-29)15-23-7-2-3-10-31-23;1-34-20-5-6-21-17(9-20)10-22-24(12-32)30(11-18-8-19(28)4-7-23(18)29)13-27(25(21)22)14-31(15-27)26(33)16-2-3-16;1-3-24(31)29-15-26(16-29)14-28(12-17-5-4-6-19(27)9-17)23(13-30)22-11-18-10-20(32-2)7-8-21(18)25(22)26;1-28-21-10-19(34-3)7-8-20(21)24-25(28)22(12-31)29(11-17-5-4-6-18(27)9-17)14-26(24)15-30(16-26)23(32)13-33-2/h2-12,27,34H,13-19H2,1H3;4-9,16,24,32H,2-3,10-15H2,1H3;4-10,23,30H,3,11-16H2,1-2H3;4-10,22,31H,11-16H2,1-3H3. The number of carbonyl (C=O) groups excluding carboxylic acids is 3. The van der Waals surface area contributed by atoms with Crippen molar-refractivity contribution in [3.05, 3.63) is 306 Å². The summed E-state index contributed by atoms with van der Waals surface area (Å²) >= 11 is 6.24. The summed E-state index contributed by atoms with van der Waals surface area (Å²) in [6.07, 6.45) is 6.61. The summed E-state index contributed by atoms with van der Waals surface area (Å²) in [5.74, 6) is 2.40. The smallest absolute Gasteiger partial charge is 0.248 e. The third-order valence-electron chi connectivity index (χ3n) is 30.3. The first-order valence-electron chi connectivity index (χ1n) is 46.8. The summed E-state index contributed by atoms with van der Waals surface area (Å²) < 4.78 is 85.4. The first-order chi connectivity index (χ1) is 65.4. The Bertz CT molecular complexity index is 6300. The molecule has 706 valence electrons.